The number of ether oxygens (including phenoxy) is 1. The topological polar surface area (TPSA) is 41.6 Å². The van der Waals surface area contributed by atoms with Gasteiger partial charge in [0.15, 0.2) is 0 Å². The molecule has 0 radical (unpaired) electrons. The van der Waals surface area contributed by atoms with Gasteiger partial charge in [0.25, 0.3) is 0 Å². The SMILES string of the molecule is C[C@@H]1CN(C(=O)OC(C)(C)C)CC[C@H]1Nc1ccc(Cl)cc1F. The zero-order chi connectivity index (χ0) is 17.2. The summed E-state index contributed by atoms with van der Waals surface area (Å²) in [7, 11) is 0. The molecule has 0 unspecified atom stereocenters. The van der Waals surface area contributed by atoms with E-state index in [0.29, 0.717) is 23.8 Å². The van der Waals surface area contributed by atoms with Crippen LogP contribution in [0.4, 0.5) is 14.9 Å². The molecular formula is C17H24ClFN2O2. The number of carbonyl (C=O) groups excluding carboxylic acids is 1. The molecule has 6 heteroatoms. The van der Waals surface area contributed by atoms with Crippen molar-refractivity contribution in [2.24, 2.45) is 5.92 Å². The van der Waals surface area contributed by atoms with Crippen LogP contribution in [0, 0.1) is 11.7 Å². The van der Waals surface area contributed by atoms with Gasteiger partial charge in [-0.05, 0) is 51.3 Å². The van der Waals surface area contributed by atoms with Crippen molar-refractivity contribution in [3.63, 3.8) is 0 Å². The smallest absolute Gasteiger partial charge is 0.410 e. The Bertz CT molecular complexity index is 574. The Balaban J connectivity index is 1.95. The van der Waals surface area contributed by atoms with Crippen LogP contribution in [-0.4, -0.2) is 35.7 Å². The standard InChI is InChI=1S/C17H24ClFN2O2/c1-11-10-21(16(22)23-17(2,3)4)8-7-14(11)20-15-6-5-12(18)9-13(15)19/h5-6,9,11,14,20H,7-8,10H2,1-4H3/t11-,14-/m1/s1. The first-order valence-corrected chi connectivity index (χ1v) is 8.23. The predicted octanol–water partition coefficient (Wildman–Crippen LogP) is 4.54. The van der Waals surface area contributed by atoms with Gasteiger partial charge in [-0.1, -0.05) is 18.5 Å². The molecule has 1 heterocycles. The molecule has 23 heavy (non-hydrogen) atoms. The highest BCUT2D eigenvalue weighted by molar-refractivity contribution is 6.30. The first-order chi connectivity index (χ1) is 10.7. The van der Waals surface area contributed by atoms with E-state index in [1.54, 1.807) is 17.0 Å². The summed E-state index contributed by atoms with van der Waals surface area (Å²) in [4.78, 5) is 13.8. The lowest BCUT2D eigenvalue weighted by molar-refractivity contribution is 0.0165. The van der Waals surface area contributed by atoms with Crippen LogP contribution < -0.4 is 5.32 Å². The number of nitrogens with zero attached hydrogens (tertiary/aromatic N) is 1. The van der Waals surface area contributed by atoms with Gasteiger partial charge in [0.05, 0.1) is 5.69 Å². The Morgan fingerprint density at radius 1 is 1.43 bits per heavy atom. The maximum Gasteiger partial charge on any atom is 0.410 e. The minimum Gasteiger partial charge on any atom is -0.444 e. The fourth-order valence-electron chi connectivity index (χ4n) is 2.66. The number of hydrogen-bond donors (Lipinski definition) is 1. The van der Waals surface area contributed by atoms with Crippen LogP contribution >= 0.6 is 11.6 Å². The number of carbonyl (C=O) groups is 1. The molecule has 1 aromatic rings. The van der Waals surface area contributed by atoms with Crippen LogP contribution in [0.5, 0.6) is 0 Å². The van der Waals surface area contributed by atoms with Crippen LogP contribution in [-0.2, 0) is 4.74 Å². The largest absolute Gasteiger partial charge is 0.444 e. The third kappa shape index (κ3) is 4.99. The predicted molar refractivity (Wildman–Crippen MR) is 90.4 cm³/mol. The first kappa shape index (κ1) is 17.9. The van der Waals surface area contributed by atoms with E-state index in [2.05, 4.69) is 5.32 Å². The van der Waals surface area contributed by atoms with Crippen molar-refractivity contribution in [1.82, 2.24) is 4.90 Å². The van der Waals surface area contributed by atoms with Gasteiger partial charge in [0.2, 0.25) is 0 Å². The van der Waals surface area contributed by atoms with Crippen molar-refractivity contribution >= 4 is 23.4 Å². The molecule has 1 N–H and O–H groups in total. The summed E-state index contributed by atoms with van der Waals surface area (Å²) < 4.78 is 19.3. The van der Waals surface area contributed by atoms with E-state index < -0.39 is 5.60 Å². The number of halogens is 2. The Kier molecular flexibility index (Phi) is 5.40. The molecule has 1 saturated heterocycles. The molecule has 0 saturated carbocycles. The number of piperidine rings is 1. The van der Waals surface area contributed by atoms with Crippen LogP contribution in [0.3, 0.4) is 0 Å². The Hall–Kier alpha value is -1.49. The highest BCUT2D eigenvalue weighted by Crippen LogP contribution is 2.25. The summed E-state index contributed by atoms with van der Waals surface area (Å²) in [5, 5.41) is 3.60. The van der Waals surface area contributed by atoms with E-state index >= 15 is 0 Å². The second kappa shape index (κ2) is 6.95. The molecule has 1 aliphatic heterocycles. The van der Waals surface area contributed by atoms with Gasteiger partial charge in [0.1, 0.15) is 11.4 Å². The molecule has 4 nitrogen and oxygen atoms in total. The summed E-state index contributed by atoms with van der Waals surface area (Å²) in [5.74, 6) is -0.175. The van der Waals surface area contributed by atoms with Gasteiger partial charge in [-0.15, -0.1) is 0 Å². The molecule has 0 spiro atoms. The van der Waals surface area contributed by atoms with Crippen LogP contribution in [0.15, 0.2) is 18.2 Å². The molecule has 1 aromatic carbocycles. The number of rotatable bonds is 2. The average molecular weight is 343 g/mol. The number of likely N-dealkylation sites (tertiary alicyclic amines) is 1. The first-order valence-electron chi connectivity index (χ1n) is 7.85. The van der Waals surface area contributed by atoms with Gasteiger partial charge in [-0.25, -0.2) is 9.18 Å². The molecule has 128 valence electrons. The van der Waals surface area contributed by atoms with Crippen LogP contribution in [0.2, 0.25) is 5.02 Å². The van der Waals surface area contributed by atoms with E-state index in [1.165, 1.54) is 6.07 Å². The molecule has 0 aliphatic carbocycles. The van der Waals surface area contributed by atoms with Crippen molar-refractivity contribution in [3.8, 4) is 0 Å². The lowest BCUT2D eigenvalue weighted by atomic mass is 9.94. The normalized spacial score (nSPS) is 21.9. The quantitative estimate of drug-likeness (QED) is 0.858. The fraction of sp³-hybridized carbons (Fsp3) is 0.588. The second-order valence-electron chi connectivity index (χ2n) is 7.07. The van der Waals surface area contributed by atoms with E-state index in [1.807, 2.05) is 27.7 Å². The van der Waals surface area contributed by atoms with Crippen LogP contribution in [0.25, 0.3) is 0 Å². The third-order valence-corrected chi connectivity index (χ3v) is 4.06. The summed E-state index contributed by atoms with van der Waals surface area (Å²) in [6.45, 7) is 8.78. The van der Waals surface area contributed by atoms with E-state index in [9.17, 15) is 9.18 Å². The highest BCUT2D eigenvalue weighted by Gasteiger charge is 2.31. The Morgan fingerprint density at radius 2 is 2.13 bits per heavy atom. The number of anilines is 1. The fourth-order valence-corrected chi connectivity index (χ4v) is 2.82. The Labute approximate surface area is 141 Å². The molecule has 1 fully saturated rings. The molecule has 2 atom stereocenters. The number of benzene rings is 1. The maximum atomic E-state index is 13.9. The van der Waals surface area contributed by atoms with E-state index in [4.69, 9.17) is 16.3 Å². The molecule has 0 bridgehead atoms. The van der Waals surface area contributed by atoms with Crippen molar-refractivity contribution in [1.29, 1.82) is 0 Å². The van der Waals surface area contributed by atoms with Crippen molar-refractivity contribution in [3.05, 3.63) is 29.0 Å². The van der Waals surface area contributed by atoms with Gasteiger partial charge in [0, 0.05) is 24.2 Å². The minimum atomic E-state index is -0.498. The zero-order valence-electron chi connectivity index (χ0n) is 14.0. The average Bonchev–Trinajstić information content (AvgIpc) is 2.41. The van der Waals surface area contributed by atoms with Gasteiger partial charge in [-0.3, -0.25) is 0 Å². The van der Waals surface area contributed by atoms with Crippen molar-refractivity contribution in [2.75, 3.05) is 18.4 Å². The Morgan fingerprint density at radius 3 is 2.70 bits per heavy atom. The summed E-state index contributed by atoms with van der Waals surface area (Å²) in [6.07, 6.45) is 0.447. The monoisotopic (exact) mass is 342 g/mol. The lowest BCUT2D eigenvalue weighted by Gasteiger charge is -2.38. The molecule has 0 aromatic heterocycles. The summed E-state index contributed by atoms with van der Waals surface area (Å²) in [5.41, 5.74) is -0.0565. The van der Waals surface area contributed by atoms with Gasteiger partial charge in [-0.2, -0.15) is 0 Å². The van der Waals surface area contributed by atoms with Gasteiger partial charge < -0.3 is 15.0 Å². The van der Waals surface area contributed by atoms with E-state index in [-0.39, 0.29) is 23.9 Å². The minimum absolute atomic E-state index is 0.101. The van der Waals surface area contributed by atoms with Crippen molar-refractivity contribution < 1.29 is 13.9 Å². The zero-order valence-corrected chi connectivity index (χ0v) is 14.8. The second-order valence-corrected chi connectivity index (χ2v) is 7.50. The number of nitrogens with one attached hydrogen (secondary N) is 1. The van der Waals surface area contributed by atoms with E-state index in [0.717, 1.165) is 6.42 Å². The lowest BCUT2D eigenvalue weighted by Crippen LogP contribution is -2.49. The van der Waals surface area contributed by atoms with Crippen LogP contribution in [0.1, 0.15) is 34.1 Å². The van der Waals surface area contributed by atoms with Gasteiger partial charge >= 0.3 is 6.09 Å². The third-order valence-electron chi connectivity index (χ3n) is 3.83. The molecular weight excluding hydrogens is 319 g/mol. The van der Waals surface area contributed by atoms with Crippen molar-refractivity contribution in [2.45, 2.75) is 45.8 Å². The molecule has 2 rings (SSSR count). The molecule has 1 amide bonds. The number of hydrogen-bond acceptors (Lipinski definition) is 3. The summed E-state index contributed by atoms with van der Waals surface area (Å²) in [6, 6.07) is 4.70. The maximum absolute atomic E-state index is 13.9. The number of amides is 1. The highest BCUT2D eigenvalue weighted by atomic mass is 35.5. The summed E-state index contributed by atoms with van der Waals surface area (Å²) >= 11 is 5.77. The molecule has 1 aliphatic rings.